The molecule has 1 aliphatic heterocycles. The molecule has 6 heteroatoms. The van der Waals surface area contributed by atoms with Crippen LogP contribution in [-0.2, 0) is 4.74 Å². The van der Waals surface area contributed by atoms with Gasteiger partial charge >= 0.3 is 12.2 Å². The highest BCUT2D eigenvalue weighted by molar-refractivity contribution is 5.66. The lowest BCUT2D eigenvalue weighted by molar-refractivity contribution is -0.820. The summed E-state index contributed by atoms with van der Waals surface area (Å²) in [5.41, 5.74) is 1.83. The fourth-order valence-electron chi connectivity index (χ4n) is 2.78. The van der Waals surface area contributed by atoms with Crippen LogP contribution in [0.1, 0.15) is 50.7 Å². The van der Waals surface area contributed by atoms with Gasteiger partial charge in [-0.15, -0.1) is 0 Å². The number of rotatable bonds is 5. The number of para-hydroxylation sites is 1. The van der Waals surface area contributed by atoms with E-state index in [0.717, 1.165) is 11.1 Å². The molecule has 1 unspecified atom stereocenters. The van der Waals surface area contributed by atoms with Gasteiger partial charge in [-0.3, -0.25) is 0 Å². The summed E-state index contributed by atoms with van der Waals surface area (Å²) in [6, 6.07) is 5.78. The lowest BCUT2D eigenvalue weighted by Gasteiger charge is -2.27. The molecule has 1 aromatic carbocycles. The van der Waals surface area contributed by atoms with E-state index in [1.807, 2.05) is 45.9 Å². The Balaban J connectivity index is 2.16. The Kier molecular flexibility index (Phi) is 6.21. The van der Waals surface area contributed by atoms with Crippen molar-refractivity contribution in [2.75, 3.05) is 13.3 Å². The van der Waals surface area contributed by atoms with Crippen LogP contribution in [0.3, 0.4) is 0 Å². The molecule has 0 saturated heterocycles. The van der Waals surface area contributed by atoms with Crippen LogP contribution in [-0.4, -0.2) is 35.1 Å². The Labute approximate surface area is 153 Å². The van der Waals surface area contributed by atoms with Gasteiger partial charge in [0.15, 0.2) is 0 Å². The zero-order valence-corrected chi connectivity index (χ0v) is 15.6. The Morgan fingerprint density at radius 2 is 1.73 bits per heavy atom. The largest absolute Gasteiger partial charge is 0.521 e. The smallest absolute Gasteiger partial charge is 0.435 e. The van der Waals surface area contributed by atoms with Gasteiger partial charge in [-0.1, -0.05) is 52.0 Å². The minimum absolute atomic E-state index is 0.170. The fraction of sp³-hybridized carbons (Fsp3) is 0.400. The predicted octanol–water partition coefficient (Wildman–Crippen LogP) is 4.98. The molecule has 140 valence electrons. The van der Waals surface area contributed by atoms with E-state index in [2.05, 4.69) is 0 Å². The van der Waals surface area contributed by atoms with Crippen molar-refractivity contribution in [2.24, 2.45) is 0 Å². The molecule has 0 bridgehead atoms. The van der Waals surface area contributed by atoms with E-state index < -0.39 is 16.7 Å². The average Bonchev–Trinajstić information content (AvgIpc) is 2.60. The summed E-state index contributed by atoms with van der Waals surface area (Å²) in [5.74, 6) is 0.839. The number of hydrogen-bond donors (Lipinski definition) is 1. The summed E-state index contributed by atoms with van der Waals surface area (Å²) in [6.07, 6.45) is 4.58. The van der Waals surface area contributed by atoms with Gasteiger partial charge in [0, 0.05) is 0 Å². The topological polar surface area (TPSA) is 72.8 Å². The molecule has 1 amide bonds. The van der Waals surface area contributed by atoms with Gasteiger partial charge in [0.25, 0.3) is 0 Å². The molecular formula is C20H26NO5+. The second kappa shape index (κ2) is 8.19. The number of carbonyl (C=O) groups excluding carboxylic acids is 1. The van der Waals surface area contributed by atoms with Crippen LogP contribution in [0.25, 0.3) is 0 Å². The zero-order chi connectivity index (χ0) is 19.3. The third-order valence-corrected chi connectivity index (χ3v) is 4.35. The van der Waals surface area contributed by atoms with Crippen molar-refractivity contribution < 1.29 is 28.7 Å². The molecule has 6 nitrogen and oxygen atoms in total. The Morgan fingerprint density at radius 3 is 2.19 bits per heavy atom. The number of nitrogens with zero attached hydrogens (tertiary/aromatic N) is 1. The minimum atomic E-state index is -1.09. The number of amides is 1. The van der Waals surface area contributed by atoms with Crippen molar-refractivity contribution in [3.8, 4) is 5.75 Å². The zero-order valence-electron chi connectivity index (χ0n) is 15.6. The quantitative estimate of drug-likeness (QED) is 0.455. The molecule has 2 rings (SSSR count). The standard InChI is InChI=1S/C20H25NO5/c1-14(2)16-9-8-10-17(15(3)4)18(16)26-20(24)25-13-21(19(22)23)11-6-5-7-12-21/h5-11,14-15H,12-13H2,1-4H3/p+1. The normalized spacial score (nSPS) is 19.0. The highest BCUT2D eigenvalue weighted by atomic mass is 16.7. The average molecular weight is 360 g/mol. The molecule has 1 atom stereocenters. The van der Waals surface area contributed by atoms with Crippen molar-refractivity contribution in [1.29, 1.82) is 0 Å². The van der Waals surface area contributed by atoms with Gasteiger partial charge in [0.2, 0.25) is 6.73 Å². The van der Waals surface area contributed by atoms with Crippen molar-refractivity contribution in [3.63, 3.8) is 0 Å². The van der Waals surface area contributed by atoms with E-state index >= 15 is 0 Å². The SMILES string of the molecule is CC(C)c1cccc(C(C)C)c1OC(=O)OC[N+]1(C(=O)O)C=CC=CC1. The third-order valence-electron chi connectivity index (χ3n) is 4.35. The first-order valence-electron chi connectivity index (χ1n) is 8.69. The van der Waals surface area contributed by atoms with Crippen LogP contribution >= 0.6 is 0 Å². The van der Waals surface area contributed by atoms with E-state index in [1.165, 1.54) is 6.20 Å². The number of hydrogen-bond acceptors (Lipinski definition) is 4. The van der Waals surface area contributed by atoms with Gasteiger partial charge in [-0.25, -0.2) is 4.79 Å². The third kappa shape index (κ3) is 4.32. The van der Waals surface area contributed by atoms with Gasteiger partial charge in [0.1, 0.15) is 18.5 Å². The molecule has 1 aromatic rings. The van der Waals surface area contributed by atoms with Crippen LogP contribution in [0.15, 0.2) is 42.6 Å². The van der Waals surface area contributed by atoms with Gasteiger partial charge in [-0.2, -0.15) is 9.28 Å². The van der Waals surface area contributed by atoms with Crippen LogP contribution in [0.5, 0.6) is 5.75 Å². The Hall–Kier alpha value is -2.60. The highest BCUT2D eigenvalue weighted by Gasteiger charge is 2.36. The summed E-state index contributed by atoms with van der Waals surface area (Å²) in [4.78, 5) is 23.9. The fourth-order valence-corrected chi connectivity index (χ4v) is 2.78. The van der Waals surface area contributed by atoms with Crippen LogP contribution in [0.2, 0.25) is 0 Å². The number of carboxylic acid groups (broad SMARTS) is 1. The van der Waals surface area contributed by atoms with Crippen molar-refractivity contribution in [2.45, 2.75) is 39.5 Å². The Morgan fingerprint density at radius 1 is 1.12 bits per heavy atom. The number of ether oxygens (including phenoxy) is 2. The van der Waals surface area contributed by atoms with Crippen molar-refractivity contribution in [3.05, 3.63) is 53.8 Å². The molecule has 1 aliphatic rings. The van der Waals surface area contributed by atoms with Crippen molar-refractivity contribution in [1.82, 2.24) is 0 Å². The maximum absolute atomic E-state index is 12.3. The highest BCUT2D eigenvalue weighted by Crippen LogP contribution is 2.34. The molecule has 0 aromatic heterocycles. The summed E-state index contributed by atoms with van der Waals surface area (Å²) < 4.78 is 10.2. The monoisotopic (exact) mass is 360 g/mol. The second-order valence-electron chi connectivity index (χ2n) is 6.97. The van der Waals surface area contributed by atoms with E-state index in [4.69, 9.17) is 9.47 Å². The lowest BCUT2D eigenvalue weighted by Crippen LogP contribution is -2.50. The molecule has 1 heterocycles. The summed E-state index contributed by atoms with van der Waals surface area (Å²) in [5, 5.41) is 9.48. The molecule has 1 N–H and O–H groups in total. The lowest BCUT2D eigenvalue weighted by atomic mass is 9.94. The number of carbonyl (C=O) groups is 2. The molecule has 0 saturated carbocycles. The number of quaternary nitrogens is 1. The molecule has 26 heavy (non-hydrogen) atoms. The minimum Gasteiger partial charge on any atom is -0.435 e. The first kappa shape index (κ1) is 19.7. The summed E-state index contributed by atoms with van der Waals surface area (Å²) in [7, 11) is 0. The van der Waals surface area contributed by atoms with Crippen LogP contribution in [0.4, 0.5) is 9.59 Å². The number of benzene rings is 1. The molecule has 0 spiro atoms. The first-order chi connectivity index (χ1) is 12.3. The van der Waals surface area contributed by atoms with Gasteiger partial charge < -0.3 is 14.6 Å². The van der Waals surface area contributed by atoms with E-state index in [9.17, 15) is 14.7 Å². The van der Waals surface area contributed by atoms with E-state index in [1.54, 1.807) is 18.2 Å². The summed E-state index contributed by atoms with van der Waals surface area (Å²) in [6.45, 7) is 7.95. The summed E-state index contributed by atoms with van der Waals surface area (Å²) >= 11 is 0. The maximum atomic E-state index is 12.3. The van der Waals surface area contributed by atoms with E-state index in [0.29, 0.717) is 5.75 Å². The van der Waals surface area contributed by atoms with Crippen LogP contribution < -0.4 is 4.74 Å². The molecule has 0 fully saturated rings. The van der Waals surface area contributed by atoms with Crippen molar-refractivity contribution >= 4 is 12.2 Å². The van der Waals surface area contributed by atoms with Crippen LogP contribution in [0, 0.1) is 0 Å². The maximum Gasteiger partial charge on any atom is 0.521 e. The predicted molar refractivity (Wildman–Crippen MR) is 98.0 cm³/mol. The van der Waals surface area contributed by atoms with Gasteiger partial charge in [-0.05, 0) is 35.1 Å². The second-order valence-corrected chi connectivity index (χ2v) is 6.97. The molecule has 0 radical (unpaired) electrons. The first-order valence-corrected chi connectivity index (χ1v) is 8.69. The molecular weight excluding hydrogens is 334 g/mol. The Bertz CT molecular complexity index is 709. The molecule has 0 aliphatic carbocycles. The van der Waals surface area contributed by atoms with Gasteiger partial charge in [0.05, 0.1) is 0 Å². The van der Waals surface area contributed by atoms with E-state index in [-0.39, 0.29) is 25.1 Å². The number of allylic oxidation sites excluding steroid dienone is 2.